The van der Waals surface area contributed by atoms with E-state index in [0.29, 0.717) is 43.9 Å². The van der Waals surface area contributed by atoms with Gasteiger partial charge in [0.25, 0.3) is 0 Å². The first-order valence-electron chi connectivity index (χ1n) is 11.4. The molecule has 1 saturated carbocycles. The normalized spacial score (nSPS) is 24.3. The maximum Gasteiger partial charge on any atom is 0.417 e. The molecule has 1 aromatic carbocycles. The number of carbonyl (C=O) groups is 2. The van der Waals surface area contributed by atoms with Crippen LogP contribution in [0.3, 0.4) is 0 Å². The van der Waals surface area contributed by atoms with Crippen LogP contribution in [0.2, 0.25) is 0 Å². The lowest BCUT2D eigenvalue weighted by molar-refractivity contribution is -0.139. The number of rotatable bonds is 5. The summed E-state index contributed by atoms with van der Waals surface area (Å²) in [6.45, 7) is 1.59. The summed E-state index contributed by atoms with van der Waals surface area (Å²) >= 11 is 0. The van der Waals surface area contributed by atoms with Crippen molar-refractivity contribution in [2.75, 3.05) is 44.7 Å². The second-order valence-electron chi connectivity index (χ2n) is 9.51. The molecular formula is C22H26F3N5O5S. The van der Waals surface area contributed by atoms with Crippen molar-refractivity contribution in [1.29, 1.82) is 5.26 Å². The third-order valence-electron chi connectivity index (χ3n) is 7.02. The second-order valence-corrected chi connectivity index (χ2v) is 11.7. The lowest BCUT2D eigenvalue weighted by Gasteiger charge is -2.34. The fourth-order valence-corrected chi connectivity index (χ4v) is 6.51. The molecule has 1 aromatic rings. The third kappa shape index (κ3) is 4.94. The fourth-order valence-electron chi connectivity index (χ4n) is 4.62. The number of likely N-dealkylation sites (tertiary alicyclic amines) is 1. The van der Waals surface area contributed by atoms with Gasteiger partial charge in [0.15, 0.2) is 9.84 Å². The summed E-state index contributed by atoms with van der Waals surface area (Å²) in [7, 11) is -2.77. The number of benzene rings is 1. The van der Waals surface area contributed by atoms with Crippen LogP contribution in [-0.4, -0.2) is 91.9 Å². The lowest BCUT2D eigenvalue weighted by atomic mass is 10.1. The second kappa shape index (κ2) is 9.11. The topological polar surface area (TPSA) is 134 Å². The number of nitrogens with zero attached hydrogens (tertiary/aromatic N) is 4. The van der Waals surface area contributed by atoms with Crippen molar-refractivity contribution >= 4 is 27.5 Å². The number of piperazine rings is 1. The molecule has 0 radical (unpaired) electrons. The molecule has 0 aromatic heterocycles. The number of likely N-dealkylation sites (N-methyl/N-ethyl adjacent to an activating group) is 1. The largest absolute Gasteiger partial charge is 0.465 e. The maximum atomic E-state index is 14.0. The molecule has 10 nitrogen and oxygen atoms in total. The Morgan fingerprint density at radius 1 is 1.19 bits per heavy atom. The molecule has 2 amide bonds. The van der Waals surface area contributed by atoms with Crippen LogP contribution >= 0.6 is 0 Å². The van der Waals surface area contributed by atoms with E-state index < -0.39 is 68.3 Å². The van der Waals surface area contributed by atoms with E-state index in [4.69, 9.17) is 0 Å². The molecule has 2 N–H and O–H groups in total. The molecule has 196 valence electrons. The first-order valence-corrected chi connectivity index (χ1v) is 12.9. The zero-order valence-electron chi connectivity index (χ0n) is 19.5. The Balaban J connectivity index is 1.63. The predicted molar refractivity (Wildman–Crippen MR) is 121 cm³/mol. The van der Waals surface area contributed by atoms with E-state index in [0.717, 1.165) is 12.1 Å². The smallest absolute Gasteiger partial charge is 0.417 e. The number of carboxylic acid groups (broad SMARTS) is 1. The lowest BCUT2D eigenvalue weighted by Crippen LogP contribution is -2.49. The van der Waals surface area contributed by atoms with Crippen molar-refractivity contribution in [3.05, 3.63) is 23.8 Å². The Bertz CT molecular complexity index is 1200. The van der Waals surface area contributed by atoms with Crippen molar-refractivity contribution in [3.8, 4) is 6.07 Å². The van der Waals surface area contributed by atoms with Gasteiger partial charge in [-0.2, -0.15) is 18.4 Å². The van der Waals surface area contributed by atoms with Crippen LogP contribution in [-0.2, 0) is 20.8 Å². The summed E-state index contributed by atoms with van der Waals surface area (Å²) in [6, 6.07) is 3.55. The van der Waals surface area contributed by atoms with E-state index in [1.54, 1.807) is 4.90 Å². The maximum absolute atomic E-state index is 14.0. The number of nitriles is 1. The summed E-state index contributed by atoms with van der Waals surface area (Å²) in [5.74, 6) is -0.837. The molecule has 0 bridgehead atoms. The Labute approximate surface area is 206 Å². The number of sulfone groups is 1. The minimum atomic E-state index is -4.97. The highest BCUT2D eigenvalue weighted by atomic mass is 32.2. The van der Waals surface area contributed by atoms with Gasteiger partial charge in [0, 0.05) is 38.4 Å². The van der Waals surface area contributed by atoms with Crippen molar-refractivity contribution < 1.29 is 36.3 Å². The SMILES string of the molecule is CN1CCN(c2ccc(S(=O)(=O)[C@@H]3C[C@@H](C(=O)NC4(C#N)CC4)N(C(=O)O)C3)c(C(F)(F)F)c2)CC1. The highest BCUT2D eigenvalue weighted by Gasteiger charge is 2.51. The number of hydrogen-bond acceptors (Lipinski definition) is 7. The highest BCUT2D eigenvalue weighted by Crippen LogP contribution is 2.40. The molecule has 2 saturated heterocycles. The van der Waals surface area contributed by atoms with Crippen molar-refractivity contribution in [1.82, 2.24) is 15.1 Å². The average molecular weight is 530 g/mol. The number of amides is 2. The van der Waals surface area contributed by atoms with Crippen LogP contribution in [0.4, 0.5) is 23.7 Å². The first-order chi connectivity index (χ1) is 16.8. The number of alkyl halides is 3. The van der Waals surface area contributed by atoms with Crippen LogP contribution in [0.5, 0.6) is 0 Å². The average Bonchev–Trinajstić information content (AvgIpc) is 3.42. The molecule has 0 spiro atoms. The molecule has 2 atom stereocenters. The van der Waals surface area contributed by atoms with Crippen LogP contribution < -0.4 is 10.2 Å². The van der Waals surface area contributed by atoms with Gasteiger partial charge in [-0.15, -0.1) is 0 Å². The van der Waals surface area contributed by atoms with Crippen LogP contribution in [0.25, 0.3) is 0 Å². The minimum absolute atomic E-state index is 0.247. The highest BCUT2D eigenvalue weighted by molar-refractivity contribution is 7.92. The number of nitrogens with one attached hydrogen (secondary N) is 1. The summed E-state index contributed by atoms with van der Waals surface area (Å²) in [5, 5.41) is 19.6. The standard InChI is InChI=1S/C22H26F3N5O5S/c1-28-6-8-29(9-7-28)14-2-3-18(16(10-14)22(23,24)25)36(34,35)15-11-17(30(12-15)20(32)33)19(31)27-21(13-26)4-5-21/h2-3,10,15,17H,4-9,11-12H2,1H3,(H,27,31)(H,32,33)/t15-,17+/m1/s1. The molecule has 2 heterocycles. The summed E-state index contributed by atoms with van der Waals surface area (Å²) in [6.07, 6.45) is -6.30. The van der Waals surface area contributed by atoms with E-state index in [-0.39, 0.29) is 5.69 Å². The molecule has 0 unspecified atom stereocenters. The number of hydrogen-bond donors (Lipinski definition) is 2. The number of carbonyl (C=O) groups excluding carboxylic acids is 1. The van der Waals surface area contributed by atoms with Gasteiger partial charge in [0.05, 0.1) is 21.8 Å². The van der Waals surface area contributed by atoms with E-state index in [9.17, 15) is 41.5 Å². The van der Waals surface area contributed by atoms with Gasteiger partial charge in [0.1, 0.15) is 11.6 Å². The van der Waals surface area contributed by atoms with Crippen LogP contribution in [0.15, 0.2) is 23.1 Å². The number of halogens is 3. The molecule has 4 rings (SSSR count). The Morgan fingerprint density at radius 3 is 2.36 bits per heavy atom. The molecule has 2 aliphatic heterocycles. The van der Waals surface area contributed by atoms with E-state index in [1.165, 1.54) is 6.07 Å². The van der Waals surface area contributed by atoms with Crippen LogP contribution in [0.1, 0.15) is 24.8 Å². The summed E-state index contributed by atoms with van der Waals surface area (Å²) in [4.78, 5) is 27.9. The molecule has 3 aliphatic rings. The molecule has 14 heteroatoms. The van der Waals surface area contributed by atoms with Crippen molar-refractivity contribution in [2.24, 2.45) is 0 Å². The molecule has 1 aliphatic carbocycles. The first kappa shape index (κ1) is 26.0. The predicted octanol–water partition coefficient (Wildman–Crippen LogP) is 1.52. The van der Waals surface area contributed by atoms with Gasteiger partial charge in [-0.1, -0.05) is 0 Å². The van der Waals surface area contributed by atoms with Gasteiger partial charge >= 0.3 is 12.3 Å². The van der Waals surface area contributed by atoms with Gasteiger partial charge in [-0.05, 0) is 44.5 Å². The van der Waals surface area contributed by atoms with E-state index in [2.05, 4.69) is 5.32 Å². The Kier molecular flexibility index (Phi) is 6.59. The zero-order chi connectivity index (χ0) is 26.5. The van der Waals surface area contributed by atoms with Gasteiger partial charge in [0.2, 0.25) is 5.91 Å². The zero-order valence-corrected chi connectivity index (χ0v) is 20.3. The van der Waals surface area contributed by atoms with Gasteiger partial charge < -0.3 is 20.2 Å². The third-order valence-corrected chi connectivity index (χ3v) is 9.21. The fraction of sp³-hybridized carbons (Fsp3) is 0.591. The molecular weight excluding hydrogens is 503 g/mol. The van der Waals surface area contributed by atoms with Gasteiger partial charge in [-0.25, -0.2) is 13.2 Å². The Morgan fingerprint density at radius 2 is 1.83 bits per heavy atom. The van der Waals surface area contributed by atoms with Crippen LogP contribution in [0, 0.1) is 11.3 Å². The molecule has 36 heavy (non-hydrogen) atoms. The quantitative estimate of drug-likeness (QED) is 0.587. The van der Waals surface area contributed by atoms with Crippen molar-refractivity contribution in [3.63, 3.8) is 0 Å². The molecule has 3 fully saturated rings. The minimum Gasteiger partial charge on any atom is -0.465 e. The van der Waals surface area contributed by atoms with Crippen molar-refractivity contribution in [2.45, 2.75) is 47.2 Å². The summed E-state index contributed by atoms with van der Waals surface area (Å²) in [5.41, 5.74) is -2.19. The van der Waals surface area contributed by atoms with E-state index in [1.807, 2.05) is 18.0 Å². The Hall–Kier alpha value is -3.05. The van der Waals surface area contributed by atoms with Gasteiger partial charge in [-0.3, -0.25) is 9.69 Å². The summed E-state index contributed by atoms with van der Waals surface area (Å²) < 4.78 is 68.9. The van der Waals surface area contributed by atoms with E-state index >= 15 is 0 Å². The monoisotopic (exact) mass is 529 g/mol. The number of anilines is 1.